The number of nitrogens with one attached hydrogen (secondary N) is 1. The molecule has 1 aliphatic carbocycles. The highest BCUT2D eigenvalue weighted by Gasteiger charge is 2.39. The van der Waals surface area contributed by atoms with E-state index in [1.807, 2.05) is 29.2 Å². The van der Waals surface area contributed by atoms with E-state index in [4.69, 9.17) is 14.5 Å². The Bertz CT molecular complexity index is 1210. The first kappa shape index (κ1) is 25.3. The third-order valence-electron chi connectivity index (χ3n) is 7.80. The minimum Gasteiger partial charge on any atom is -0.497 e. The van der Waals surface area contributed by atoms with Crippen LogP contribution in [-0.4, -0.2) is 54.3 Å². The third kappa shape index (κ3) is 5.10. The molecule has 1 aromatic heterocycles. The van der Waals surface area contributed by atoms with E-state index < -0.39 is 0 Å². The van der Waals surface area contributed by atoms with Gasteiger partial charge in [-0.3, -0.25) is 0 Å². The largest absolute Gasteiger partial charge is 0.497 e. The summed E-state index contributed by atoms with van der Waals surface area (Å²) in [4.78, 5) is 22.6. The summed E-state index contributed by atoms with van der Waals surface area (Å²) in [5.41, 5.74) is 4.44. The number of pyridine rings is 1. The van der Waals surface area contributed by atoms with Gasteiger partial charge in [0.25, 0.3) is 0 Å². The van der Waals surface area contributed by atoms with Crippen LogP contribution in [0.25, 0.3) is 0 Å². The highest BCUT2D eigenvalue weighted by atomic mass is 16.5. The molecule has 8 heteroatoms. The molecule has 0 bridgehead atoms. The van der Waals surface area contributed by atoms with Crippen molar-refractivity contribution in [2.24, 2.45) is 5.92 Å². The van der Waals surface area contributed by atoms with Crippen molar-refractivity contribution in [1.82, 2.24) is 9.88 Å². The van der Waals surface area contributed by atoms with Crippen molar-refractivity contribution in [3.63, 3.8) is 0 Å². The number of urea groups is 1. The Balaban J connectivity index is 1.42. The average Bonchev–Trinajstić information content (AvgIpc) is 3.72. The van der Waals surface area contributed by atoms with Gasteiger partial charge in [0.15, 0.2) is 0 Å². The third-order valence-corrected chi connectivity index (χ3v) is 7.80. The summed E-state index contributed by atoms with van der Waals surface area (Å²) in [6.45, 7) is 10.8. The predicted molar refractivity (Wildman–Crippen MR) is 143 cm³/mol. The van der Waals surface area contributed by atoms with Crippen molar-refractivity contribution >= 4 is 17.5 Å². The Morgan fingerprint density at radius 1 is 1.22 bits per heavy atom. The van der Waals surface area contributed by atoms with Crippen LogP contribution in [0.2, 0.25) is 0 Å². The molecular formula is C29H37N5O3. The molecule has 5 rings (SSSR count). The van der Waals surface area contributed by atoms with Crippen molar-refractivity contribution in [3.05, 3.63) is 46.6 Å². The second-order valence-electron chi connectivity index (χ2n) is 11.4. The summed E-state index contributed by atoms with van der Waals surface area (Å²) in [5.74, 6) is 2.23. The molecule has 2 fully saturated rings. The molecule has 2 aromatic rings. The first-order chi connectivity index (χ1) is 17.7. The number of hydrogen-bond donors (Lipinski definition) is 1. The number of anilines is 2. The number of piperazine rings is 1. The summed E-state index contributed by atoms with van der Waals surface area (Å²) < 4.78 is 11.3. The van der Waals surface area contributed by atoms with E-state index in [1.165, 1.54) is 0 Å². The lowest BCUT2D eigenvalue weighted by Crippen LogP contribution is -2.58. The monoisotopic (exact) mass is 503 g/mol. The summed E-state index contributed by atoms with van der Waals surface area (Å²) in [6.07, 6.45) is 2.99. The van der Waals surface area contributed by atoms with E-state index in [0.29, 0.717) is 44.1 Å². The number of amides is 2. The minimum atomic E-state index is -0.309. The Morgan fingerprint density at radius 3 is 2.57 bits per heavy atom. The van der Waals surface area contributed by atoms with Gasteiger partial charge in [-0.25, -0.2) is 9.78 Å². The fourth-order valence-corrected chi connectivity index (χ4v) is 5.51. The van der Waals surface area contributed by atoms with Gasteiger partial charge in [-0.2, -0.15) is 5.26 Å². The first-order valence-corrected chi connectivity index (χ1v) is 13.3. The van der Waals surface area contributed by atoms with Gasteiger partial charge >= 0.3 is 6.03 Å². The Hall–Kier alpha value is -3.31. The van der Waals surface area contributed by atoms with Gasteiger partial charge in [0, 0.05) is 43.2 Å². The standard InChI is InChI=1S/C29H37N5O3/c1-18(2)25-16-33(12-13-34(25)28(35)31-20-8-10-21(36-5)11-9-20)27-23(15-30)22-14-29(3,4)37-17-24(22)26(32-27)19-6-7-19/h8-11,18-19,25H,6-7,12-14,16-17H2,1-5H3,(H,31,35)/t25-/m0/s1. The maximum atomic E-state index is 13.3. The van der Waals surface area contributed by atoms with Crippen LogP contribution in [0.3, 0.4) is 0 Å². The molecule has 1 saturated carbocycles. The zero-order valence-corrected chi connectivity index (χ0v) is 22.5. The van der Waals surface area contributed by atoms with E-state index in [1.54, 1.807) is 7.11 Å². The van der Waals surface area contributed by atoms with Crippen molar-refractivity contribution in [2.45, 2.75) is 71.1 Å². The maximum absolute atomic E-state index is 13.3. The number of ether oxygens (including phenoxy) is 2. The lowest BCUT2D eigenvalue weighted by atomic mass is 9.87. The van der Waals surface area contributed by atoms with Gasteiger partial charge < -0.3 is 24.6 Å². The molecule has 1 atom stereocenters. The smallest absolute Gasteiger partial charge is 0.322 e. The van der Waals surface area contributed by atoms with Crippen LogP contribution in [-0.2, 0) is 17.8 Å². The van der Waals surface area contributed by atoms with Crippen LogP contribution in [0.4, 0.5) is 16.3 Å². The Kier molecular flexibility index (Phi) is 6.76. The van der Waals surface area contributed by atoms with Crippen molar-refractivity contribution in [1.29, 1.82) is 5.26 Å². The number of methoxy groups -OCH3 is 1. The Morgan fingerprint density at radius 2 is 1.95 bits per heavy atom. The van der Waals surface area contributed by atoms with Gasteiger partial charge in [-0.15, -0.1) is 0 Å². The number of benzene rings is 1. The number of nitriles is 1. The van der Waals surface area contributed by atoms with Gasteiger partial charge in [-0.05, 0) is 62.4 Å². The number of hydrogen-bond acceptors (Lipinski definition) is 6. The van der Waals surface area contributed by atoms with E-state index in [-0.39, 0.29) is 23.6 Å². The summed E-state index contributed by atoms with van der Waals surface area (Å²) in [5, 5.41) is 13.3. The summed E-state index contributed by atoms with van der Waals surface area (Å²) in [6, 6.07) is 9.74. The second-order valence-corrected chi connectivity index (χ2v) is 11.4. The second kappa shape index (κ2) is 9.86. The van der Waals surface area contributed by atoms with E-state index >= 15 is 0 Å². The number of rotatable bonds is 5. The van der Waals surface area contributed by atoms with E-state index in [0.717, 1.165) is 46.9 Å². The fourth-order valence-electron chi connectivity index (χ4n) is 5.51. The lowest BCUT2D eigenvalue weighted by molar-refractivity contribution is -0.0407. The van der Waals surface area contributed by atoms with E-state index in [2.05, 4.69) is 44.0 Å². The number of carbonyl (C=O) groups is 1. The fraction of sp³-hybridized carbons (Fsp3) is 0.552. The van der Waals surface area contributed by atoms with Crippen LogP contribution in [0.5, 0.6) is 5.75 Å². The Labute approximate surface area is 219 Å². The van der Waals surface area contributed by atoms with Crippen LogP contribution in [0.15, 0.2) is 24.3 Å². The molecule has 0 unspecified atom stereocenters. The molecular weight excluding hydrogens is 466 g/mol. The SMILES string of the molecule is COc1ccc(NC(=O)N2CCN(c3nc(C4CC4)c4c(c3C#N)CC(C)(C)OC4)C[C@H]2C(C)C)cc1. The zero-order valence-electron chi connectivity index (χ0n) is 22.5. The molecule has 196 valence electrons. The molecule has 37 heavy (non-hydrogen) atoms. The highest BCUT2D eigenvalue weighted by molar-refractivity contribution is 5.90. The van der Waals surface area contributed by atoms with Gasteiger partial charge in [-0.1, -0.05) is 13.8 Å². The van der Waals surface area contributed by atoms with Crippen LogP contribution >= 0.6 is 0 Å². The van der Waals surface area contributed by atoms with E-state index in [9.17, 15) is 10.1 Å². The van der Waals surface area contributed by atoms with Crippen molar-refractivity contribution in [2.75, 3.05) is 37.0 Å². The molecule has 3 aliphatic rings. The number of aromatic nitrogens is 1. The molecule has 2 aliphatic heterocycles. The molecule has 1 N–H and O–H groups in total. The maximum Gasteiger partial charge on any atom is 0.322 e. The minimum absolute atomic E-state index is 0.0134. The molecule has 8 nitrogen and oxygen atoms in total. The van der Waals surface area contributed by atoms with Crippen LogP contribution in [0.1, 0.15) is 68.8 Å². The predicted octanol–water partition coefficient (Wildman–Crippen LogP) is 5.07. The molecule has 1 aromatic carbocycles. The van der Waals surface area contributed by atoms with Crippen molar-refractivity contribution < 1.29 is 14.3 Å². The van der Waals surface area contributed by atoms with Crippen LogP contribution < -0.4 is 15.0 Å². The average molecular weight is 504 g/mol. The lowest BCUT2D eigenvalue weighted by Gasteiger charge is -2.44. The molecule has 0 spiro atoms. The highest BCUT2D eigenvalue weighted by Crippen LogP contribution is 2.46. The first-order valence-electron chi connectivity index (χ1n) is 13.3. The molecule has 3 heterocycles. The number of carbonyl (C=O) groups excluding carboxylic acids is 1. The van der Waals surface area contributed by atoms with Gasteiger partial charge in [0.2, 0.25) is 0 Å². The van der Waals surface area contributed by atoms with Crippen LogP contribution in [0, 0.1) is 17.2 Å². The van der Waals surface area contributed by atoms with Gasteiger partial charge in [0.1, 0.15) is 17.6 Å². The van der Waals surface area contributed by atoms with Gasteiger partial charge in [0.05, 0.1) is 36.6 Å². The molecule has 2 amide bonds. The zero-order chi connectivity index (χ0) is 26.3. The topological polar surface area (TPSA) is 90.7 Å². The number of nitrogens with zero attached hydrogens (tertiary/aromatic N) is 4. The quantitative estimate of drug-likeness (QED) is 0.613. The number of fused-ring (bicyclic) bond motifs is 1. The summed E-state index contributed by atoms with van der Waals surface area (Å²) >= 11 is 0. The normalized spacial score (nSPS) is 20.8. The molecule has 0 radical (unpaired) electrons. The molecule has 1 saturated heterocycles. The summed E-state index contributed by atoms with van der Waals surface area (Å²) in [7, 11) is 1.62. The van der Waals surface area contributed by atoms with Crippen molar-refractivity contribution in [3.8, 4) is 11.8 Å².